The van der Waals surface area contributed by atoms with Crippen molar-refractivity contribution in [2.75, 3.05) is 0 Å². The minimum absolute atomic E-state index is 0.0315. The first-order chi connectivity index (χ1) is 26.4. The molecule has 1 unspecified atom stereocenters. The third-order valence-electron chi connectivity index (χ3n) is 16.6. The van der Waals surface area contributed by atoms with E-state index in [1.54, 1.807) is 0 Å². The Morgan fingerprint density at radius 3 is 1.91 bits per heavy atom. The van der Waals surface area contributed by atoms with E-state index in [0.717, 1.165) is 37.7 Å². The zero-order chi connectivity index (χ0) is 41.9. The van der Waals surface area contributed by atoms with Gasteiger partial charge in [0.15, 0.2) is 30.6 Å². The van der Waals surface area contributed by atoms with Crippen LogP contribution in [0.3, 0.4) is 0 Å². The zero-order valence-corrected chi connectivity index (χ0v) is 33.4. The van der Waals surface area contributed by atoms with Crippen LogP contribution in [0, 0.1) is 50.7 Å². The Morgan fingerprint density at radius 1 is 0.702 bits per heavy atom. The van der Waals surface area contributed by atoms with Crippen LogP contribution in [0.1, 0.15) is 99.3 Å². The summed E-state index contributed by atoms with van der Waals surface area (Å²) in [6.07, 6.45) is -12.1. The third-order valence-corrected chi connectivity index (χ3v) is 16.6. The van der Waals surface area contributed by atoms with E-state index >= 15 is 0 Å². The molecule has 5 aliphatic carbocycles. The van der Waals surface area contributed by atoms with Crippen LogP contribution < -0.4 is 0 Å². The molecule has 4 saturated carbocycles. The predicted octanol–water partition coefficient (Wildman–Crippen LogP) is 1.86. The lowest BCUT2D eigenvalue weighted by molar-refractivity contribution is -0.371. The van der Waals surface area contributed by atoms with Crippen molar-refractivity contribution in [1.82, 2.24) is 0 Å². The van der Waals surface area contributed by atoms with Gasteiger partial charge in [0.05, 0.1) is 11.5 Å². The number of carbonyl (C=O) groups excluding carboxylic acids is 1. The quantitative estimate of drug-likeness (QED) is 0.171. The Morgan fingerprint density at radius 2 is 1.30 bits per heavy atom. The second-order valence-electron chi connectivity index (χ2n) is 19.9. The molecule has 8 N–H and O–H groups in total. The van der Waals surface area contributed by atoms with Crippen LogP contribution in [0.2, 0.25) is 0 Å². The third kappa shape index (κ3) is 6.34. The van der Waals surface area contributed by atoms with Gasteiger partial charge in [-0.2, -0.15) is 0 Å². The fourth-order valence-corrected chi connectivity index (χ4v) is 13.2. The highest BCUT2D eigenvalue weighted by atomic mass is 16.8. The number of hydrogen-bond acceptors (Lipinski definition) is 13. The van der Waals surface area contributed by atoms with Crippen LogP contribution in [0.5, 0.6) is 0 Å². The topological polar surface area (TPSA) is 267 Å². The molecule has 0 spiro atoms. The molecule has 0 aromatic carbocycles. The molecule has 7 aliphatic rings. The Bertz CT molecular complexity index is 1680. The predicted molar refractivity (Wildman–Crippen MR) is 195 cm³/mol. The van der Waals surface area contributed by atoms with Gasteiger partial charge in [0.2, 0.25) is 0 Å². The van der Waals surface area contributed by atoms with Gasteiger partial charge in [-0.3, -0.25) is 9.59 Å². The summed E-state index contributed by atoms with van der Waals surface area (Å²) in [5.74, 6) is -4.04. The average molecular weight is 809 g/mol. The number of ketones is 1. The van der Waals surface area contributed by atoms with Gasteiger partial charge in [-0.05, 0) is 110 Å². The van der Waals surface area contributed by atoms with Crippen molar-refractivity contribution in [2.24, 2.45) is 50.7 Å². The van der Waals surface area contributed by atoms with Crippen molar-refractivity contribution in [3.05, 3.63) is 11.6 Å². The minimum atomic E-state index is -2.05. The lowest BCUT2D eigenvalue weighted by Crippen LogP contribution is -2.68. The van der Waals surface area contributed by atoms with E-state index in [4.69, 9.17) is 18.9 Å². The molecule has 0 aromatic rings. The van der Waals surface area contributed by atoms with E-state index in [9.17, 15) is 60.0 Å². The molecule has 7 rings (SSSR count). The monoisotopic (exact) mass is 808 g/mol. The van der Waals surface area contributed by atoms with Crippen LogP contribution in [0.15, 0.2) is 11.6 Å². The molecule has 2 saturated heterocycles. The maximum absolute atomic E-state index is 14.7. The number of carbonyl (C=O) groups is 4. The van der Waals surface area contributed by atoms with Crippen LogP contribution in [0.25, 0.3) is 0 Å². The van der Waals surface area contributed by atoms with E-state index in [0.29, 0.717) is 31.6 Å². The number of allylic oxidation sites excluding steroid dienone is 2. The number of carboxylic acids is 3. The van der Waals surface area contributed by atoms with Crippen molar-refractivity contribution in [3.63, 3.8) is 0 Å². The SMILES string of the molecule is CC1(C)[C@@H](O[C@H]2O[C@H](C(=O)O)[C@@H](O)[C@H](O)[C@H]2O[C@@H]2O[C@H](C(=O)O)[C@@H](O)[C@H](O)[C@H]2O)CC[C@]2(C)[C@H]3C(=O)C=C4[C@@H]5C[C@@](C)(C(=O)O)CCC5CC[C@@]4(C)[C@]3(C)CC[C@@H]12. The highest BCUT2D eigenvalue weighted by Gasteiger charge is 2.70. The Kier molecular flexibility index (Phi) is 10.7. The number of carboxylic acid groups (broad SMARTS) is 3. The average Bonchev–Trinajstić information content (AvgIpc) is 3.12. The lowest BCUT2D eigenvalue weighted by atomic mass is 9.34. The number of aliphatic hydroxyl groups excluding tert-OH is 5. The molecule has 16 heteroatoms. The van der Waals surface area contributed by atoms with Crippen LogP contribution in [0.4, 0.5) is 0 Å². The number of hydrogen-bond donors (Lipinski definition) is 8. The first-order valence-electron chi connectivity index (χ1n) is 20.4. The van der Waals surface area contributed by atoms with Gasteiger partial charge in [-0.25, -0.2) is 9.59 Å². The largest absolute Gasteiger partial charge is 0.481 e. The van der Waals surface area contributed by atoms with Crippen LogP contribution in [-0.4, -0.2) is 132 Å². The summed E-state index contributed by atoms with van der Waals surface area (Å²) in [6, 6.07) is 0. The van der Waals surface area contributed by atoms with Crippen molar-refractivity contribution in [3.8, 4) is 0 Å². The molecule has 0 aromatic heterocycles. The second-order valence-corrected chi connectivity index (χ2v) is 19.9. The molecule has 19 atom stereocenters. The van der Waals surface area contributed by atoms with E-state index in [2.05, 4.69) is 20.8 Å². The molecule has 57 heavy (non-hydrogen) atoms. The zero-order valence-electron chi connectivity index (χ0n) is 33.4. The van der Waals surface area contributed by atoms with E-state index < -0.39 is 107 Å². The maximum atomic E-state index is 14.7. The highest BCUT2D eigenvalue weighted by molar-refractivity contribution is 5.95. The Labute approximate surface area is 331 Å². The van der Waals surface area contributed by atoms with E-state index in [1.165, 1.54) is 0 Å². The van der Waals surface area contributed by atoms with Crippen LogP contribution in [-0.2, 0) is 38.1 Å². The molecule has 0 radical (unpaired) electrons. The van der Waals surface area contributed by atoms with Gasteiger partial charge < -0.3 is 59.8 Å². The van der Waals surface area contributed by atoms with Gasteiger partial charge in [0, 0.05) is 5.92 Å². The second kappa shape index (κ2) is 14.3. The van der Waals surface area contributed by atoms with E-state index in [1.807, 2.05) is 26.8 Å². The number of aliphatic carboxylic acids is 3. The number of fused-ring (bicyclic) bond motifs is 7. The molecular weight excluding hydrogens is 748 g/mol. The molecule has 0 bridgehead atoms. The van der Waals surface area contributed by atoms with E-state index in [-0.39, 0.29) is 29.0 Å². The maximum Gasteiger partial charge on any atom is 0.335 e. The standard InChI is InChI=1S/C41H60O16/c1-37(2)21-9-14-41(6)31(20(42)15-19-18-16-38(3,36(52)53)11-7-17(18)8-13-40(19,41)5)39(21,4)12-10-22(37)54-35-30(26(46)25(45)29(56-35)33(50)51)57-34-27(47)23(43)24(44)28(55-34)32(48)49/h15,17-18,21-31,34-35,43-47H,7-14,16H2,1-6H3,(H,48,49)(H,50,51)(H,52,53)/t17?,18-,21+,22+,23+,24+,25+,26+,27-,28+,29+,30-,31-,34+,35+,38+,39+,40-,41-/m1/s1. The van der Waals surface area contributed by atoms with Gasteiger partial charge in [-0.15, -0.1) is 0 Å². The normalized spacial score (nSPS) is 51.9. The van der Waals surface area contributed by atoms with Gasteiger partial charge in [0.25, 0.3) is 0 Å². The van der Waals surface area contributed by atoms with Crippen molar-refractivity contribution in [2.45, 2.75) is 167 Å². The summed E-state index contributed by atoms with van der Waals surface area (Å²) in [6.45, 7) is 12.6. The summed E-state index contributed by atoms with van der Waals surface area (Å²) in [5.41, 5.74) is -1.63. The summed E-state index contributed by atoms with van der Waals surface area (Å²) >= 11 is 0. The van der Waals surface area contributed by atoms with Gasteiger partial charge >= 0.3 is 17.9 Å². The highest BCUT2D eigenvalue weighted by Crippen LogP contribution is 2.74. The van der Waals surface area contributed by atoms with Gasteiger partial charge in [-0.1, -0.05) is 40.2 Å². The smallest absolute Gasteiger partial charge is 0.335 e. The minimum Gasteiger partial charge on any atom is -0.481 e. The van der Waals surface area contributed by atoms with Crippen molar-refractivity contribution < 1.29 is 79.0 Å². The van der Waals surface area contributed by atoms with Crippen molar-refractivity contribution in [1.29, 1.82) is 0 Å². The first-order valence-corrected chi connectivity index (χ1v) is 20.4. The molecule has 2 heterocycles. The number of aliphatic hydroxyl groups is 5. The summed E-state index contributed by atoms with van der Waals surface area (Å²) in [4.78, 5) is 51.1. The molecule has 16 nitrogen and oxygen atoms in total. The first kappa shape index (κ1) is 42.6. The summed E-state index contributed by atoms with van der Waals surface area (Å²) in [7, 11) is 0. The fourth-order valence-electron chi connectivity index (χ4n) is 13.2. The molecular formula is C41H60O16. The molecule has 320 valence electrons. The fraction of sp³-hybridized carbons (Fsp3) is 0.854. The number of rotatable bonds is 7. The lowest BCUT2D eigenvalue weighted by Gasteiger charge is -2.69. The number of ether oxygens (including phenoxy) is 4. The molecule has 0 amide bonds. The van der Waals surface area contributed by atoms with Gasteiger partial charge in [0.1, 0.15) is 36.6 Å². The summed E-state index contributed by atoms with van der Waals surface area (Å²) in [5, 5.41) is 82.8. The van der Waals surface area contributed by atoms with Crippen LogP contribution >= 0.6 is 0 Å². The summed E-state index contributed by atoms with van der Waals surface area (Å²) < 4.78 is 23.3. The molecule has 6 fully saturated rings. The Hall–Kier alpha value is -2.54. The molecule has 2 aliphatic heterocycles. The van der Waals surface area contributed by atoms with Crippen molar-refractivity contribution >= 4 is 23.7 Å². The Balaban J connectivity index is 1.16.